The summed E-state index contributed by atoms with van der Waals surface area (Å²) in [7, 11) is 0. The number of carbonyl (C=O) groups is 3. The minimum absolute atomic E-state index is 0.0633. The zero-order valence-electron chi connectivity index (χ0n) is 16.9. The summed E-state index contributed by atoms with van der Waals surface area (Å²) in [5.74, 6) is -1.25. The summed E-state index contributed by atoms with van der Waals surface area (Å²) in [4.78, 5) is 38.5. The molecule has 9 heteroatoms. The number of barbiturate groups is 1. The Morgan fingerprint density at radius 2 is 1.67 bits per heavy atom. The maximum Gasteiger partial charge on any atom is 0.335 e. The van der Waals surface area contributed by atoms with Gasteiger partial charge in [0.2, 0.25) is 0 Å². The Morgan fingerprint density at radius 3 is 2.36 bits per heavy atom. The highest BCUT2D eigenvalue weighted by Crippen LogP contribution is 2.28. The lowest BCUT2D eigenvalue weighted by Gasteiger charge is -2.26. The van der Waals surface area contributed by atoms with Crippen molar-refractivity contribution in [3.05, 3.63) is 93.5 Å². The van der Waals surface area contributed by atoms with E-state index in [4.69, 9.17) is 27.9 Å². The van der Waals surface area contributed by atoms with Crippen LogP contribution in [-0.2, 0) is 16.2 Å². The number of rotatable bonds is 5. The highest BCUT2D eigenvalue weighted by molar-refractivity contribution is 6.39. The third-order valence-corrected chi connectivity index (χ3v) is 5.50. The number of phenolic OH excluding ortho intramolecular Hbond substituents is 1. The molecule has 1 aliphatic rings. The molecule has 7 nitrogen and oxygen atoms in total. The fourth-order valence-electron chi connectivity index (χ4n) is 3.14. The second-order valence-electron chi connectivity index (χ2n) is 7.04. The highest BCUT2D eigenvalue weighted by atomic mass is 35.5. The number of benzene rings is 3. The molecule has 1 aliphatic heterocycles. The molecule has 4 rings (SSSR count). The van der Waals surface area contributed by atoms with Crippen molar-refractivity contribution in [2.75, 3.05) is 4.90 Å². The van der Waals surface area contributed by atoms with Crippen LogP contribution >= 0.6 is 23.2 Å². The molecule has 0 aliphatic carbocycles. The van der Waals surface area contributed by atoms with E-state index in [0.29, 0.717) is 16.3 Å². The summed E-state index contributed by atoms with van der Waals surface area (Å²) >= 11 is 12.0. The maximum absolute atomic E-state index is 13.0. The van der Waals surface area contributed by atoms with Gasteiger partial charge in [-0.1, -0.05) is 47.5 Å². The molecule has 0 aromatic heterocycles. The van der Waals surface area contributed by atoms with E-state index >= 15 is 0 Å². The average Bonchev–Trinajstić information content (AvgIpc) is 2.79. The standard InChI is InChI=1S/C24H16Cl2N2O5/c25-19-4-2-1-3-15(19)13-33-17-8-6-16(7-9-17)28-23(31)18(22(30)27-24(28)32)11-14-5-10-21(29)20(26)12-14/h1-12,29H,13H2,(H,27,30,32)/b18-11+. The number of amides is 4. The number of urea groups is 1. The van der Waals surface area contributed by atoms with Crippen LogP contribution in [0, 0.1) is 0 Å². The van der Waals surface area contributed by atoms with Crippen molar-refractivity contribution in [3.8, 4) is 11.5 Å². The van der Waals surface area contributed by atoms with Crippen LogP contribution in [0.3, 0.4) is 0 Å². The molecule has 1 saturated heterocycles. The normalized spacial score (nSPS) is 15.0. The van der Waals surface area contributed by atoms with Gasteiger partial charge in [0.15, 0.2) is 0 Å². The van der Waals surface area contributed by atoms with Gasteiger partial charge in [0, 0.05) is 10.6 Å². The monoisotopic (exact) mass is 482 g/mol. The van der Waals surface area contributed by atoms with Crippen LogP contribution in [0.2, 0.25) is 10.0 Å². The van der Waals surface area contributed by atoms with Crippen molar-refractivity contribution in [1.29, 1.82) is 0 Å². The smallest absolute Gasteiger partial charge is 0.335 e. The Hall–Kier alpha value is -3.81. The van der Waals surface area contributed by atoms with E-state index in [-0.39, 0.29) is 28.6 Å². The fraction of sp³-hybridized carbons (Fsp3) is 0.0417. The minimum atomic E-state index is -0.865. The first-order valence-electron chi connectivity index (χ1n) is 9.70. The summed E-state index contributed by atoms with van der Waals surface area (Å²) in [6.07, 6.45) is 1.30. The molecule has 4 amide bonds. The third kappa shape index (κ3) is 4.84. The number of ether oxygens (including phenoxy) is 1. The van der Waals surface area contributed by atoms with Crippen molar-refractivity contribution in [2.24, 2.45) is 0 Å². The first-order chi connectivity index (χ1) is 15.8. The second kappa shape index (κ2) is 9.36. The zero-order valence-corrected chi connectivity index (χ0v) is 18.4. The van der Waals surface area contributed by atoms with Gasteiger partial charge in [-0.25, -0.2) is 9.69 Å². The predicted molar refractivity (Wildman–Crippen MR) is 124 cm³/mol. The number of imide groups is 2. The lowest BCUT2D eigenvalue weighted by atomic mass is 10.1. The molecule has 1 heterocycles. The third-order valence-electron chi connectivity index (χ3n) is 4.83. The predicted octanol–water partition coefficient (Wildman–Crippen LogP) is 4.94. The first-order valence-corrected chi connectivity index (χ1v) is 10.5. The molecule has 0 radical (unpaired) electrons. The van der Waals surface area contributed by atoms with Crippen molar-refractivity contribution in [1.82, 2.24) is 5.32 Å². The van der Waals surface area contributed by atoms with Gasteiger partial charge < -0.3 is 9.84 Å². The van der Waals surface area contributed by atoms with Crippen LogP contribution in [-0.4, -0.2) is 23.0 Å². The molecule has 0 bridgehead atoms. The number of hydrogen-bond donors (Lipinski definition) is 2. The number of hydrogen-bond acceptors (Lipinski definition) is 5. The van der Waals surface area contributed by atoms with Gasteiger partial charge in [-0.15, -0.1) is 0 Å². The highest BCUT2D eigenvalue weighted by Gasteiger charge is 2.36. The summed E-state index contributed by atoms with van der Waals surface area (Å²) < 4.78 is 5.72. The van der Waals surface area contributed by atoms with Gasteiger partial charge in [-0.05, 0) is 54.1 Å². The molecule has 166 valence electrons. The summed E-state index contributed by atoms with van der Waals surface area (Å²) in [6.45, 7) is 0.249. The molecule has 0 saturated carbocycles. The number of anilines is 1. The Bertz CT molecular complexity index is 1290. The van der Waals surface area contributed by atoms with Crippen LogP contribution in [0.15, 0.2) is 72.3 Å². The number of nitrogens with zero attached hydrogens (tertiary/aromatic N) is 1. The second-order valence-corrected chi connectivity index (χ2v) is 7.86. The van der Waals surface area contributed by atoms with E-state index < -0.39 is 17.8 Å². The van der Waals surface area contributed by atoms with E-state index in [1.165, 1.54) is 36.4 Å². The van der Waals surface area contributed by atoms with Gasteiger partial charge in [0.05, 0.1) is 10.7 Å². The van der Waals surface area contributed by atoms with Gasteiger partial charge in [0.1, 0.15) is 23.7 Å². The van der Waals surface area contributed by atoms with E-state index in [9.17, 15) is 19.5 Å². The zero-order chi connectivity index (χ0) is 23.5. The molecule has 33 heavy (non-hydrogen) atoms. The maximum atomic E-state index is 13.0. The lowest BCUT2D eigenvalue weighted by Crippen LogP contribution is -2.54. The van der Waals surface area contributed by atoms with Gasteiger partial charge in [0.25, 0.3) is 11.8 Å². The van der Waals surface area contributed by atoms with Gasteiger partial charge in [-0.2, -0.15) is 0 Å². The lowest BCUT2D eigenvalue weighted by molar-refractivity contribution is -0.122. The van der Waals surface area contributed by atoms with Crippen molar-refractivity contribution in [3.63, 3.8) is 0 Å². The van der Waals surface area contributed by atoms with Crippen molar-refractivity contribution < 1.29 is 24.2 Å². The van der Waals surface area contributed by atoms with Crippen LogP contribution in [0.4, 0.5) is 10.5 Å². The summed E-state index contributed by atoms with van der Waals surface area (Å²) in [5, 5.41) is 12.4. The van der Waals surface area contributed by atoms with Crippen LogP contribution in [0.1, 0.15) is 11.1 Å². The SMILES string of the molecule is O=C1NC(=O)N(c2ccc(OCc3ccccc3Cl)cc2)C(=O)/C1=C/c1ccc(O)c(Cl)c1. The molecule has 0 spiro atoms. The van der Waals surface area contributed by atoms with Crippen molar-refractivity contribution in [2.45, 2.75) is 6.61 Å². The molecule has 1 fully saturated rings. The van der Waals surface area contributed by atoms with Crippen LogP contribution in [0.5, 0.6) is 11.5 Å². The largest absolute Gasteiger partial charge is 0.506 e. The van der Waals surface area contributed by atoms with Crippen LogP contribution < -0.4 is 15.0 Å². The number of phenols is 1. The molecule has 0 atom stereocenters. The molecule has 2 N–H and O–H groups in total. The topological polar surface area (TPSA) is 95.9 Å². The van der Waals surface area contributed by atoms with E-state index in [2.05, 4.69) is 5.32 Å². The molecule has 0 unspecified atom stereocenters. The fourth-order valence-corrected chi connectivity index (χ4v) is 3.52. The Kier molecular flexibility index (Phi) is 6.35. The summed E-state index contributed by atoms with van der Waals surface area (Å²) in [6, 6.07) is 16.9. The summed E-state index contributed by atoms with van der Waals surface area (Å²) in [5.41, 5.74) is 1.23. The Morgan fingerprint density at radius 1 is 0.939 bits per heavy atom. The van der Waals surface area contributed by atoms with E-state index in [1.54, 1.807) is 18.2 Å². The number of aromatic hydroxyl groups is 1. The van der Waals surface area contributed by atoms with E-state index in [1.807, 2.05) is 18.2 Å². The number of carbonyl (C=O) groups excluding carboxylic acids is 3. The minimum Gasteiger partial charge on any atom is -0.506 e. The van der Waals surface area contributed by atoms with E-state index in [0.717, 1.165) is 10.5 Å². The average molecular weight is 483 g/mol. The van der Waals surface area contributed by atoms with Crippen LogP contribution in [0.25, 0.3) is 6.08 Å². The molecule has 3 aromatic rings. The molecular formula is C24H16Cl2N2O5. The number of nitrogens with one attached hydrogen (secondary N) is 1. The Labute approximate surface area is 198 Å². The molecular weight excluding hydrogens is 467 g/mol. The first kappa shape index (κ1) is 22.4. The quantitative estimate of drug-likeness (QED) is 0.396. The Balaban J connectivity index is 1.54. The van der Waals surface area contributed by atoms with Gasteiger partial charge in [-0.3, -0.25) is 14.9 Å². The van der Waals surface area contributed by atoms with Crippen molar-refractivity contribution >= 4 is 52.8 Å². The molecule has 3 aromatic carbocycles. The van der Waals surface area contributed by atoms with Gasteiger partial charge >= 0.3 is 6.03 Å². The number of halogens is 2.